The number of imidazole rings is 2. The van der Waals surface area contributed by atoms with Crippen molar-refractivity contribution in [3.63, 3.8) is 0 Å². The molecule has 2 aromatic heterocycles. The van der Waals surface area contributed by atoms with Crippen LogP contribution in [0.15, 0.2) is 60.9 Å². The molecule has 14 heteroatoms. The van der Waals surface area contributed by atoms with Crippen molar-refractivity contribution in [1.82, 2.24) is 40.0 Å². The average Bonchev–Trinajstić information content (AvgIpc) is 3.79. The maximum Gasteiger partial charge on any atom is 0.407 e. The van der Waals surface area contributed by atoms with E-state index in [0.717, 1.165) is 75.9 Å². The number of likely N-dealkylation sites (tertiary alicyclic amines) is 2. The van der Waals surface area contributed by atoms with Crippen LogP contribution in [-0.2, 0) is 14.3 Å². The standard InChI is InChI=1S/C44H52N8O6/c1-23(2)37(49-43(55)58-6)41(53)51-33-17-29(33)19-35(51)39-45-21-31(47-39)27-13-9-25(10-14-27)7-8-26-11-15-28(16-12-26)32-22-46-40(48-32)36-20-30-18-34(30)52(36)42(54)38(24(3)4)50(5)44(56)57/h7-16,21-24,29-30,33-38H,17-20H2,1-6H3,(H,45,47)(H,46,48)(H,49,55)(H,56,57)/t29-,30-,33-,34-,35+,36+,37+,38+/m1/s1. The number of methoxy groups -OCH3 is 1. The van der Waals surface area contributed by atoms with Gasteiger partial charge >= 0.3 is 12.2 Å². The van der Waals surface area contributed by atoms with Crippen LogP contribution in [0.4, 0.5) is 9.59 Å². The molecule has 8 atom stereocenters. The number of benzene rings is 2. The number of alkyl carbamates (subject to hydrolysis) is 1. The molecule has 0 unspecified atom stereocenters. The van der Waals surface area contributed by atoms with Gasteiger partial charge in [0.15, 0.2) is 0 Å². The molecule has 4 heterocycles. The summed E-state index contributed by atoms with van der Waals surface area (Å²) in [5, 5.41) is 12.4. The van der Waals surface area contributed by atoms with Crippen LogP contribution in [0.25, 0.3) is 34.7 Å². The second-order valence-corrected chi connectivity index (χ2v) is 17.0. The number of carbonyl (C=O) groups is 4. The first kappa shape index (κ1) is 38.9. The molecule has 4 fully saturated rings. The van der Waals surface area contributed by atoms with Gasteiger partial charge in [0, 0.05) is 42.7 Å². The average molecular weight is 789 g/mol. The first-order valence-electron chi connectivity index (χ1n) is 20.3. The van der Waals surface area contributed by atoms with Crippen molar-refractivity contribution in [2.24, 2.45) is 23.7 Å². The number of rotatable bonds is 12. The van der Waals surface area contributed by atoms with Crippen LogP contribution in [0.2, 0.25) is 0 Å². The predicted octanol–water partition coefficient (Wildman–Crippen LogP) is 6.98. The number of aromatic nitrogens is 4. The third-order valence-electron chi connectivity index (χ3n) is 12.4. The Morgan fingerprint density at radius 3 is 1.64 bits per heavy atom. The van der Waals surface area contributed by atoms with Crippen LogP contribution in [0.3, 0.4) is 0 Å². The van der Waals surface area contributed by atoms with Gasteiger partial charge in [-0.15, -0.1) is 0 Å². The van der Waals surface area contributed by atoms with Gasteiger partial charge in [-0.25, -0.2) is 19.6 Å². The Bertz CT molecular complexity index is 2210. The van der Waals surface area contributed by atoms with Gasteiger partial charge in [-0.05, 0) is 60.5 Å². The second kappa shape index (κ2) is 15.4. The number of carbonyl (C=O) groups excluding carboxylic acids is 3. The van der Waals surface area contributed by atoms with Crippen LogP contribution in [0.1, 0.15) is 88.2 Å². The van der Waals surface area contributed by atoms with Gasteiger partial charge in [0.1, 0.15) is 23.7 Å². The summed E-state index contributed by atoms with van der Waals surface area (Å²) in [5.74, 6) is 1.84. The summed E-state index contributed by atoms with van der Waals surface area (Å²) >= 11 is 0. The zero-order valence-corrected chi connectivity index (χ0v) is 33.8. The molecular weight excluding hydrogens is 737 g/mol. The fourth-order valence-corrected chi connectivity index (χ4v) is 9.10. The van der Waals surface area contributed by atoms with Crippen molar-refractivity contribution < 1.29 is 29.0 Å². The highest BCUT2D eigenvalue weighted by Crippen LogP contribution is 2.54. The van der Waals surface area contributed by atoms with E-state index >= 15 is 0 Å². The normalized spacial score (nSPS) is 24.1. The summed E-state index contributed by atoms with van der Waals surface area (Å²) in [6, 6.07) is 14.8. The fraction of sp³-hybridized carbons (Fsp3) is 0.455. The molecule has 2 aromatic carbocycles. The Morgan fingerprint density at radius 1 is 0.759 bits per heavy atom. The Morgan fingerprint density at radius 2 is 1.22 bits per heavy atom. The minimum absolute atomic E-state index is 0.0966. The van der Waals surface area contributed by atoms with Crippen LogP contribution in [-0.4, -0.2) is 102 Å². The van der Waals surface area contributed by atoms with E-state index in [9.17, 15) is 24.3 Å². The van der Waals surface area contributed by atoms with Crippen molar-refractivity contribution >= 4 is 36.2 Å². The SMILES string of the molecule is COC(=O)N[C@H](C(=O)N1[C@@H]2C[C@@H]2C[C@H]1c1nc(-c2ccc(C=Cc3ccc(-c4c[nH]c([C@@H]5C[C@H]6C[C@H]6N5C(=O)[C@H](C(C)C)N(C)C(=O)O)n4)cc3)cc2)c[nH]1)C(C)C. The van der Waals surface area contributed by atoms with Crippen LogP contribution in [0, 0.1) is 23.7 Å². The topological polar surface area (TPSA) is 177 Å². The lowest BCUT2D eigenvalue weighted by molar-refractivity contribution is -0.140. The smallest absolute Gasteiger partial charge is 0.407 e. The second-order valence-electron chi connectivity index (χ2n) is 17.0. The third kappa shape index (κ3) is 7.47. The number of piperidine rings is 2. The highest BCUT2D eigenvalue weighted by Gasteiger charge is 2.57. The highest BCUT2D eigenvalue weighted by molar-refractivity contribution is 5.88. The first-order chi connectivity index (χ1) is 27.8. The number of carboxylic acid groups (broad SMARTS) is 1. The number of ether oxygens (including phenoxy) is 1. The molecule has 4 aliphatic rings. The molecule has 2 saturated carbocycles. The van der Waals surface area contributed by atoms with Crippen LogP contribution >= 0.6 is 0 Å². The number of likely N-dealkylation sites (N-methyl/N-ethyl adjacent to an activating group) is 1. The summed E-state index contributed by atoms with van der Waals surface area (Å²) in [5.41, 5.74) is 5.58. The fourth-order valence-electron chi connectivity index (χ4n) is 9.10. The molecule has 58 heavy (non-hydrogen) atoms. The highest BCUT2D eigenvalue weighted by atomic mass is 16.5. The number of nitrogens with zero attached hydrogens (tertiary/aromatic N) is 5. The predicted molar refractivity (Wildman–Crippen MR) is 218 cm³/mol. The molecule has 8 rings (SSSR count). The maximum atomic E-state index is 13.8. The lowest BCUT2D eigenvalue weighted by atomic mass is 10.0. The zero-order valence-electron chi connectivity index (χ0n) is 33.8. The molecule has 2 saturated heterocycles. The van der Waals surface area contributed by atoms with E-state index in [-0.39, 0.29) is 47.8 Å². The lowest BCUT2D eigenvalue weighted by Gasteiger charge is -2.35. The van der Waals surface area contributed by atoms with Gasteiger partial charge in [-0.3, -0.25) is 14.5 Å². The first-order valence-corrected chi connectivity index (χ1v) is 20.3. The zero-order chi connectivity index (χ0) is 41.0. The molecule has 2 aliphatic carbocycles. The minimum atomic E-state index is -1.11. The Kier molecular flexibility index (Phi) is 10.4. The summed E-state index contributed by atoms with van der Waals surface area (Å²) < 4.78 is 4.79. The Labute approximate surface area is 338 Å². The molecule has 4 aromatic rings. The van der Waals surface area contributed by atoms with Crippen molar-refractivity contribution in [1.29, 1.82) is 0 Å². The Balaban J connectivity index is 0.899. The number of amides is 4. The van der Waals surface area contributed by atoms with Gasteiger partial charge in [0.05, 0.1) is 30.6 Å². The number of hydrogen-bond donors (Lipinski definition) is 4. The number of nitrogens with one attached hydrogen (secondary N) is 3. The van der Waals surface area contributed by atoms with E-state index in [1.54, 1.807) is 0 Å². The van der Waals surface area contributed by atoms with E-state index < -0.39 is 24.3 Å². The largest absolute Gasteiger partial charge is 0.465 e. The van der Waals surface area contributed by atoms with Gasteiger partial charge in [0.2, 0.25) is 11.8 Å². The van der Waals surface area contributed by atoms with Gasteiger partial charge in [0.25, 0.3) is 0 Å². The van der Waals surface area contributed by atoms with Crippen molar-refractivity contribution in [3.8, 4) is 22.5 Å². The molecule has 0 spiro atoms. The van der Waals surface area contributed by atoms with Crippen LogP contribution < -0.4 is 5.32 Å². The molecule has 4 amide bonds. The van der Waals surface area contributed by atoms with Crippen molar-refractivity contribution in [2.75, 3.05) is 14.2 Å². The minimum Gasteiger partial charge on any atom is -0.465 e. The quantitative estimate of drug-likeness (QED) is 0.111. The maximum absolute atomic E-state index is 13.8. The van der Waals surface area contributed by atoms with E-state index in [2.05, 4.69) is 39.6 Å². The van der Waals surface area contributed by atoms with Crippen molar-refractivity contribution in [3.05, 3.63) is 83.7 Å². The summed E-state index contributed by atoms with van der Waals surface area (Å²) in [7, 11) is 2.77. The number of aromatic amines is 2. The summed E-state index contributed by atoms with van der Waals surface area (Å²) in [4.78, 5) is 72.8. The molecular formula is C44H52N8O6. The number of fused-ring (bicyclic) bond motifs is 2. The van der Waals surface area contributed by atoms with Gasteiger partial charge in [-0.1, -0.05) is 88.4 Å². The van der Waals surface area contributed by atoms with Crippen molar-refractivity contribution in [2.45, 2.75) is 89.6 Å². The van der Waals surface area contributed by atoms with E-state index in [1.807, 2.05) is 86.3 Å². The number of hydrogen-bond acceptors (Lipinski definition) is 7. The molecule has 2 aliphatic heterocycles. The molecule has 14 nitrogen and oxygen atoms in total. The van der Waals surface area contributed by atoms with E-state index in [4.69, 9.17) is 14.7 Å². The van der Waals surface area contributed by atoms with E-state index in [1.165, 1.54) is 14.2 Å². The monoisotopic (exact) mass is 788 g/mol. The lowest BCUT2D eigenvalue weighted by Crippen LogP contribution is -2.52. The molecule has 0 bridgehead atoms. The van der Waals surface area contributed by atoms with Gasteiger partial charge < -0.3 is 34.9 Å². The van der Waals surface area contributed by atoms with Crippen LogP contribution in [0.5, 0.6) is 0 Å². The number of H-pyrrole nitrogens is 2. The summed E-state index contributed by atoms with van der Waals surface area (Å²) in [6.07, 6.45) is 9.75. The van der Waals surface area contributed by atoms with E-state index in [0.29, 0.717) is 11.8 Å². The summed E-state index contributed by atoms with van der Waals surface area (Å²) in [6.45, 7) is 7.60. The third-order valence-corrected chi connectivity index (χ3v) is 12.4. The molecule has 4 N–H and O–H groups in total. The Hall–Kier alpha value is -5.92. The molecule has 0 radical (unpaired) electrons. The molecule has 304 valence electrons. The van der Waals surface area contributed by atoms with Gasteiger partial charge in [-0.2, -0.15) is 0 Å².